The third-order valence-corrected chi connectivity index (χ3v) is 8.41. The molecule has 2 aromatic rings. The lowest BCUT2D eigenvalue weighted by Gasteiger charge is -2.29. The van der Waals surface area contributed by atoms with E-state index in [0.29, 0.717) is 22.4 Å². The molecule has 1 aromatic heterocycles. The van der Waals surface area contributed by atoms with Gasteiger partial charge in [-0.2, -0.15) is 9.04 Å². The largest absolute Gasteiger partial charge is 0.619 e. The van der Waals surface area contributed by atoms with Gasteiger partial charge in [0.2, 0.25) is 15.9 Å². The van der Waals surface area contributed by atoms with Gasteiger partial charge in [0.1, 0.15) is 12.1 Å². The fourth-order valence-electron chi connectivity index (χ4n) is 4.82. The number of nitrogens with one attached hydrogen (secondary N) is 1. The number of nitrogen functional groups attached to an aromatic ring is 1. The molecule has 2 amide bonds. The number of ketones is 1. The number of likely N-dealkylation sites (tertiary alicyclic amines) is 1. The number of sulfonamides is 1. The van der Waals surface area contributed by atoms with Crippen LogP contribution < -0.4 is 15.8 Å². The predicted molar refractivity (Wildman–Crippen MR) is 130 cm³/mol. The Morgan fingerprint density at radius 3 is 2.42 bits per heavy atom. The average Bonchev–Trinajstić information content (AvgIpc) is 3.40. The first-order valence-corrected chi connectivity index (χ1v) is 13.1. The molecule has 0 bridgehead atoms. The molecule has 192 valence electrons. The highest BCUT2D eigenvalue weighted by Gasteiger charge is 2.54. The van der Waals surface area contributed by atoms with Gasteiger partial charge in [0.15, 0.2) is 18.2 Å². The van der Waals surface area contributed by atoms with Crippen LogP contribution in [0, 0.1) is 11.1 Å². The first kappa shape index (κ1) is 25.6. The number of rotatable bonds is 7. The molecule has 2 fully saturated rings. The van der Waals surface area contributed by atoms with Gasteiger partial charge in [0, 0.05) is 29.9 Å². The quantitative estimate of drug-likeness (QED) is 0.305. The molecular formula is C24H29N5O6S. The van der Waals surface area contributed by atoms with Crippen LogP contribution in [0.1, 0.15) is 37.0 Å². The van der Waals surface area contributed by atoms with E-state index in [1.807, 2.05) is 13.8 Å². The van der Waals surface area contributed by atoms with E-state index in [0.717, 1.165) is 16.7 Å². The third-order valence-electron chi connectivity index (χ3n) is 6.52. The number of anilines is 1. The zero-order chi connectivity index (χ0) is 26.2. The Hall–Kier alpha value is -3.51. The van der Waals surface area contributed by atoms with E-state index in [2.05, 4.69) is 5.32 Å². The molecule has 3 N–H and O–H groups in total. The molecule has 11 nitrogen and oxygen atoms in total. The second-order valence-electron chi connectivity index (χ2n) is 9.52. The molecule has 2 aliphatic rings. The predicted octanol–water partition coefficient (Wildman–Crippen LogP) is 0.290. The maximum atomic E-state index is 13.6. The lowest BCUT2D eigenvalue weighted by Crippen LogP contribution is -2.53. The fraction of sp³-hybridized carbons (Fsp3) is 0.417. The Morgan fingerprint density at radius 2 is 1.81 bits per heavy atom. The summed E-state index contributed by atoms with van der Waals surface area (Å²) in [5.41, 5.74) is 6.54. The number of pyridine rings is 1. The third kappa shape index (κ3) is 4.91. The van der Waals surface area contributed by atoms with E-state index in [9.17, 15) is 28.0 Å². The van der Waals surface area contributed by atoms with Crippen molar-refractivity contribution in [2.24, 2.45) is 5.92 Å². The summed E-state index contributed by atoms with van der Waals surface area (Å²) in [6.07, 6.45) is 2.79. The lowest BCUT2D eigenvalue weighted by atomic mass is 10.0. The van der Waals surface area contributed by atoms with Crippen LogP contribution in [-0.2, 0) is 19.6 Å². The molecule has 0 radical (unpaired) electrons. The van der Waals surface area contributed by atoms with Gasteiger partial charge >= 0.3 is 0 Å². The van der Waals surface area contributed by atoms with Crippen LogP contribution in [0.4, 0.5) is 5.69 Å². The Labute approximate surface area is 209 Å². The van der Waals surface area contributed by atoms with Crippen LogP contribution >= 0.6 is 0 Å². The first-order chi connectivity index (χ1) is 17.0. The average molecular weight is 516 g/mol. The summed E-state index contributed by atoms with van der Waals surface area (Å²) in [6, 6.07) is 6.16. The van der Waals surface area contributed by atoms with Gasteiger partial charge in [0.25, 0.3) is 5.91 Å². The summed E-state index contributed by atoms with van der Waals surface area (Å²) in [7, 11) is -4.05. The fourth-order valence-corrected chi connectivity index (χ4v) is 6.43. The summed E-state index contributed by atoms with van der Waals surface area (Å²) >= 11 is 0. The van der Waals surface area contributed by atoms with Crippen molar-refractivity contribution in [3.05, 3.63) is 59.6 Å². The number of Topliss-reactive ketones (excluding diaryl/α,β-unsaturated/α-hetero) is 1. The summed E-state index contributed by atoms with van der Waals surface area (Å²) in [6.45, 7) is 3.67. The van der Waals surface area contributed by atoms with Gasteiger partial charge in [-0.1, -0.05) is 13.8 Å². The van der Waals surface area contributed by atoms with Crippen LogP contribution in [0.25, 0.3) is 0 Å². The standard InChI is InChI=1S/C24H29N5O6S/c1-15(2)13-19(26-23(31)16-3-5-17(25)6-4-16)24(32)28-12-9-20-22(28)21(30)14-29(20)36(34,35)18-7-10-27(33)11-8-18/h3-8,10-11,15,19-20,22H,9,12-14,25H2,1-2H3,(H,26,31). The van der Waals surface area contributed by atoms with E-state index >= 15 is 0 Å². The van der Waals surface area contributed by atoms with E-state index in [1.54, 1.807) is 24.3 Å². The van der Waals surface area contributed by atoms with Crippen LogP contribution in [0.5, 0.6) is 0 Å². The number of carbonyl (C=O) groups is 3. The van der Waals surface area contributed by atoms with Gasteiger partial charge in [-0.25, -0.2) is 8.42 Å². The first-order valence-electron chi connectivity index (χ1n) is 11.7. The van der Waals surface area contributed by atoms with E-state index in [1.165, 1.54) is 17.0 Å². The normalized spacial score (nSPS) is 21.0. The molecule has 0 aliphatic carbocycles. The van der Waals surface area contributed by atoms with Crippen molar-refractivity contribution in [1.29, 1.82) is 0 Å². The molecule has 2 saturated heterocycles. The highest BCUT2D eigenvalue weighted by Crippen LogP contribution is 2.34. The minimum Gasteiger partial charge on any atom is -0.619 e. The van der Waals surface area contributed by atoms with Crippen molar-refractivity contribution < 1.29 is 27.5 Å². The van der Waals surface area contributed by atoms with Crippen LogP contribution in [0.3, 0.4) is 0 Å². The SMILES string of the molecule is CC(C)CC(NC(=O)c1ccc(N)cc1)C(=O)N1CCC2C1C(=O)CN2S(=O)(=O)c1cc[n+]([O-])cc1. The second-order valence-corrected chi connectivity index (χ2v) is 11.4. The van der Waals surface area contributed by atoms with Crippen molar-refractivity contribution in [1.82, 2.24) is 14.5 Å². The Morgan fingerprint density at radius 1 is 1.17 bits per heavy atom. The summed E-state index contributed by atoms with van der Waals surface area (Å²) in [4.78, 5) is 40.7. The number of aromatic nitrogens is 1. The maximum Gasteiger partial charge on any atom is 0.251 e. The number of fused-ring (bicyclic) bond motifs is 1. The van der Waals surface area contributed by atoms with Crippen molar-refractivity contribution >= 4 is 33.3 Å². The van der Waals surface area contributed by atoms with Crippen LogP contribution in [-0.4, -0.2) is 66.4 Å². The zero-order valence-electron chi connectivity index (χ0n) is 20.0. The lowest BCUT2D eigenvalue weighted by molar-refractivity contribution is -0.605. The minimum absolute atomic E-state index is 0.0714. The monoisotopic (exact) mass is 515 g/mol. The Kier molecular flexibility index (Phi) is 7.01. The number of carbonyl (C=O) groups excluding carboxylic acids is 3. The van der Waals surface area contributed by atoms with Gasteiger partial charge in [-0.3, -0.25) is 14.4 Å². The molecule has 1 aromatic carbocycles. The minimum atomic E-state index is -4.05. The van der Waals surface area contributed by atoms with Gasteiger partial charge in [0.05, 0.1) is 17.5 Å². The van der Waals surface area contributed by atoms with Crippen molar-refractivity contribution in [2.45, 2.75) is 49.7 Å². The maximum absolute atomic E-state index is 13.6. The smallest absolute Gasteiger partial charge is 0.251 e. The highest BCUT2D eigenvalue weighted by atomic mass is 32.2. The molecule has 0 spiro atoms. The van der Waals surface area contributed by atoms with Crippen LogP contribution in [0.15, 0.2) is 53.7 Å². The van der Waals surface area contributed by atoms with Crippen molar-refractivity contribution in [2.75, 3.05) is 18.8 Å². The van der Waals surface area contributed by atoms with Gasteiger partial charge in [-0.15, -0.1) is 0 Å². The number of amides is 2. The topological polar surface area (TPSA) is 157 Å². The number of nitrogens with two attached hydrogens (primary N) is 1. The molecule has 3 heterocycles. The molecule has 2 aliphatic heterocycles. The van der Waals surface area contributed by atoms with Crippen molar-refractivity contribution in [3.8, 4) is 0 Å². The summed E-state index contributed by atoms with van der Waals surface area (Å²) < 4.78 is 28.0. The van der Waals surface area contributed by atoms with E-state index in [4.69, 9.17) is 5.73 Å². The summed E-state index contributed by atoms with van der Waals surface area (Å²) in [5.74, 6) is -1.16. The van der Waals surface area contributed by atoms with Gasteiger partial charge in [-0.05, 0) is 43.0 Å². The second kappa shape index (κ2) is 9.86. The number of hydrogen-bond donors (Lipinski definition) is 2. The molecular weight excluding hydrogens is 486 g/mol. The Bertz CT molecular complexity index is 1260. The number of hydrogen-bond acceptors (Lipinski definition) is 7. The molecule has 12 heteroatoms. The number of nitrogens with zero attached hydrogens (tertiary/aromatic N) is 3. The molecule has 3 atom stereocenters. The summed E-state index contributed by atoms with van der Waals surface area (Å²) in [5, 5.41) is 14.1. The molecule has 3 unspecified atom stereocenters. The van der Waals surface area contributed by atoms with E-state index < -0.39 is 40.0 Å². The van der Waals surface area contributed by atoms with Crippen LogP contribution in [0.2, 0.25) is 0 Å². The Balaban J connectivity index is 1.54. The molecule has 36 heavy (non-hydrogen) atoms. The van der Waals surface area contributed by atoms with Crippen molar-refractivity contribution in [3.63, 3.8) is 0 Å². The number of benzene rings is 1. The molecule has 0 saturated carbocycles. The zero-order valence-corrected chi connectivity index (χ0v) is 20.8. The van der Waals surface area contributed by atoms with Gasteiger partial charge < -0.3 is 21.2 Å². The van der Waals surface area contributed by atoms with E-state index in [-0.39, 0.29) is 36.1 Å². The highest BCUT2D eigenvalue weighted by molar-refractivity contribution is 7.89. The molecule has 4 rings (SSSR count).